The molecule has 0 bridgehead atoms. The molecule has 0 saturated carbocycles. The number of hydrogen-bond donors (Lipinski definition) is 1. The molecule has 7 heteroatoms. The molecule has 2 aliphatic heterocycles. The van der Waals surface area contributed by atoms with Gasteiger partial charge in [0.15, 0.2) is 0 Å². The molecule has 0 spiro atoms. The van der Waals surface area contributed by atoms with Crippen LogP contribution in [0.25, 0.3) is 11.0 Å². The minimum absolute atomic E-state index is 0.0185. The van der Waals surface area contributed by atoms with E-state index in [4.69, 9.17) is 0 Å². The van der Waals surface area contributed by atoms with Crippen LogP contribution in [0.3, 0.4) is 0 Å². The van der Waals surface area contributed by atoms with E-state index in [1.54, 1.807) is 6.07 Å². The van der Waals surface area contributed by atoms with Crippen molar-refractivity contribution in [3.63, 3.8) is 0 Å². The molecule has 2 fully saturated rings. The third kappa shape index (κ3) is 4.36. The summed E-state index contributed by atoms with van der Waals surface area (Å²) < 4.78 is 15.8. The van der Waals surface area contributed by atoms with Gasteiger partial charge in [0.2, 0.25) is 11.8 Å². The number of benzene rings is 2. The Morgan fingerprint density at radius 1 is 1.18 bits per heavy atom. The predicted octanol–water partition coefficient (Wildman–Crippen LogP) is 3.75. The van der Waals surface area contributed by atoms with Crippen LogP contribution in [0.5, 0.6) is 0 Å². The van der Waals surface area contributed by atoms with Crippen molar-refractivity contribution < 1.29 is 14.0 Å². The Bertz CT molecular complexity index is 1190. The topological polar surface area (TPSA) is 67.2 Å². The zero-order valence-electron chi connectivity index (χ0n) is 18.8. The highest BCUT2D eigenvalue weighted by Crippen LogP contribution is 2.32. The zero-order valence-corrected chi connectivity index (χ0v) is 18.8. The van der Waals surface area contributed by atoms with Crippen molar-refractivity contribution >= 4 is 22.8 Å². The molecule has 1 N–H and O–H groups in total. The monoisotopic (exact) mass is 448 g/mol. The Morgan fingerprint density at radius 2 is 2.03 bits per heavy atom. The van der Waals surface area contributed by atoms with Gasteiger partial charge < -0.3 is 14.8 Å². The summed E-state index contributed by atoms with van der Waals surface area (Å²) in [5.41, 5.74) is 2.67. The minimum atomic E-state index is -0.275. The lowest BCUT2D eigenvalue weighted by Gasteiger charge is -2.33. The lowest BCUT2D eigenvalue weighted by atomic mass is 9.97. The van der Waals surface area contributed by atoms with Crippen LogP contribution in [0.2, 0.25) is 0 Å². The molecule has 0 radical (unpaired) electrons. The number of carbonyl (C=O) groups is 2. The molecule has 172 valence electrons. The summed E-state index contributed by atoms with van der Waals surface area (Å²) in [6.07, 6.45) is 4.39. The Hall–Kier alpha value is -3.22. The second-order valence-corrected chi connectivity index (χ2v) is 9.25. The molecule has 6 nitrogen and oxygen atoms in total. The van der Waals surface area contributed by atoms with E-state index in [9.17, 15) is 14.0 Å². The van der Waals surface area contributed by atoms with Gasteiger partial charge in [-0.3, -0.25) is 9.59 Å². The van der Waals surface area contributed by atoms with Gasteiger partial charge in [0.1, 0.15) is 18.2 Å². The third-order valence-electron chi connectivity index (χ3n) is 7.03. The third-order valence-corrected chi connectivity index (χ3v) is 7.03. The van der Waals surface area contributed by atoms with Crippen LogP contribution in [-0.2, 0) is 22.6 Å². The molecule has 2 aromatic carbocycles. The Balaban J connectivity index is 1.46. The first kappa shape index (κ1) is 21.6. The van der Waals surface area contributed by atoms with Crippen LogP contribution in [0.15, 0.2) is 48.5 Å². The van der Waals surface area contributed by atoms with Crippen LogP contribution in [0.4, 0.5) is 4.39 Å². The number of nitrogens with one attached hydrogen (secondary N) is 1. The second-order valence-electron chi connectivity index (χ2n) is 9.25. The van der Waals surface area contributed by atoms with E-state index in [0.29, 0.717) is 19.3 Å². The number of fused-ring (bicyclic) bond motifs is 2. The van der Waals surface area contributed by atoms with Gasteiger partial charge in [-0.15, -0.1) is 0 Å². The van der Waals surface area contributed by atoms with Crippen LogP contribution in [0, 0.1) is 12.7 Å². The van der Waals surface area contributed by atoms with Crippen LogP contribution in [-0.4, -0.2) is 44.4 Å². The largest absolute Gasteiger partial charge is 0.351 e. The number of para-hydroxylation sites is 2. The highest BCUT2D eigenvalue weighted by molar-refractivity contribution is 5.82. The highest BCUT2D eigenvalue weighted by atomic mass is 19.1. The van der Waals surface area contributed by atoms with Crippen molar-refractivity contribution in [1.82, 2.24) is 19.8 Å². The van der Waals surface area contributed by atoms with Gasteiger partial charge in [0.05, 0.1) is 23.1 Å². The highest BCUT2D eigenvalue weighted by Gasteiger charge is 2.44. The molecule has 5 rings (SSSR count). The summed E-state index contributed by atoms with van der Waals surface area (Å²) in [4.78, 5) is 32.7. The van der Waals surface area contributed by atoms with Gasteiger partial charge >= 0.3 is 0 Å². The maximum absolute atomic E-state index is 13.8. The summed E-state index contributed by atoms with van der Waals surface area (Å²) in [5, 5.41) is 3.17. The van der Waals surface area contributed by atoms with Gasteiger partial charge in [0.25, 0.3) is 0 Å². The van der Waals surface area contributed by atoms with Crippen molar-refractivity contribution in [2.75, 3.05) is 0 Å². The number of amides is 2. The van der Waals surface area contributed by atoms with E-state index in [1.807, 2.05) is 46.7 Å². The van der Waals surface area contributed by atoms with Gasteiger partial charge in [-0.05, 0) is 62.4 Å². The van der Waals surface area contributed by atoms with Gasteiger partial charge in [-0.25, -0.2) is 9.37 Å². The SMILES string of the molecule is Cc1nc2ccccc2n1CC(=O)N1[C@H](Cc2cccc(F)c2)C[C@@H]2NC(=O)CCCC[C@H]21. The molecule has 0 unspecified atom stereocenters. The van der Waals surface area contributed by atoms with E-state index in [2.05, 4.69) is 10.3 Å². The first-order valence-electron chi connectivity index (χ1n) is 11.8. The standard InChI is InChI=1S/C26H29FN4O2/c1-17-28-21-9-2-3-10-23(21)30(17)16-26(33)31-20(14-18-7-6-8-19(27)13-18)15-22-24(31)11-4-5-12-25(32)29-22/h2-3,6-10,13,20,22,24H,4-5,11-12,14-16H2,1H3,(H,29,32)/t20-,22+,24-/m1/s1. The molecule has 1 aromatic heterocycles. The van der Waals surface area contributed by atoms with E-state index in [1.165, 1.54) is 12.1 Å². The number of imidazole rings is 1. The summed E-state index contributed by atoms with van der Waals surface area (Å²) in [5.74, 6) is 0.598. The molecule has 2 amide bonds. The van der Waals surface area contributed by atoms with E-state index in [0.717, 1.165) is 41.7 Å². The first-order chi connectivity index (χ1) is 16.0. The Morgan fingerprint density at radius 3 is 2.88 bits per heavy atom. The van der Waals surface area contributed by atoms with Crippen molar-refractivity contribution in [3.8, 4) is 0 Å². The number of halogens is 1. The molecular weight excluding hydrogens is 419 g/mol. The molecule has 3 aromatic rings. The molecule has 33 heavy (non-hydrogen) atoms. The Kier molecular flexibility index (Phi) is 5.87. The van der Waals surface area contributed by atoms with Gasteiger partial charge in [-0.1, -0.05) is 30.7 Å². The number of hydrogen-bond acceptors (Lipinski definition) is 3. The summed E-state index contributed by atoms with van der Waals surface area (Å²) in [6, 6.07) is 14.2. The normalized spacial score (nSPS) is 23.2. The number of carbonyl (C=O) groups excluding carboxylic acids is 2. The molecule has 3 heterocycles. The molecule has 2 aliphatic rings. The number of nitrogens with zero attached hydrogens (tertiary/aromatic N) is 3. The average molecular weight is 449 g/mol. The Labute approximate surface area is 192 Å². The molecular formula is C26H29FN4O2. The second kappa shape index (κ2) is 8.96. The molecule has 2 saturated heterocycles. The lowest BCUT2D eigenvalue weighted by Crippen LogP contribution is -2.49. The lowest BCUT2D eigenvalue weighted by molar-refractivity contribution is -0.135. The maximum Gasteiger partial charge on any atom is 0.243 e. The predicted molar refractivity (Wildman–Crippen MR) is 124 cm³/mol. The van der Waals surface area contributed by atoms with E-state index < -0.39 is 0 Å². The van der Waals surface area contributed by atoms with E-state index in [-0.39, 0.29) is 42.3 Å². The fraction of sp³-hybridized carbons (Fsp3) is 0.423. The minimum Gasteiger partial charge on any atom is -0.351 e. The summed E-state index contributed by atoms with van der Waals surface area (Å²) in [6.45, 7) is 2.11. The smallest absolute Gasteiger partial charge is 0.243 e. The summed E-state index contributed by atoms with van der Waals surface area (Å²) >= 11 is 0. The van der Waals surface area contributed by atoms with Crippen LogP contribution >= 0.6 is 0 Å². The van der Waals surface area contributed by atoms with Crippen molar-refractivity contribution in [3.05, 3.63) is 65.7 Å². The van der Waals surface area contributed by atoms with Crippen molar-refractivity contribution in [2.24, 2.45) is 0 Å². The molecule has 0 aliphatic carbocycles. The number of aryl methyl sites for hydroxylation is 1. The quantitative estimate of drug-likeness (QED) is 0.661. The molecule has 3 atom stereocenters. The van der Waals surface area contributed by atoms with Crippen LogP contribution in [0.1, 0.15) is 43.5 Å². The average Bonchev–Trinajstić information content (AvgIpc) is 3.26. The van der Waals surface area contributed by atoms with Crippen molar-refractivity contribution in [2.45, 2.75) is 70.1 Å². The maximum atomic E-state index is 13.8. The van der Waals surface area contributed by atoms with Crippen molar-refractivity contribution in [1.29, 1.82) is 0 Å². The van der Waals surface area contributed by atoms with Gasteiger partial charge in [0, 0.05) is 12.5 Å². The first-order valence-corrected chi connectivity index (χ1v) is 11.8. The summed E-state index contributed by atoms with van der Waals surface area (Å²) in [7, 11) is 0. The fourth-order valence-electron chi connectivity index (χ4n) is 5.56. The number of rotatable bonds is 4. The number of aromatic nitrogens is 2. The number of likely N-dealkylation sites (tertiary alicyclic amines) is 1. The zero-order chi connectivity index (χ0) is 22.9. The van der Waals surface area contributed by atoms with E-state index >= 15 is 0 Å². The van der Waals surface area contributed by atoms with Crippen LogP contribution < -0.4 is 5.32 Å². The fourth-order valence-corrected chi connectivity index (χ4v) is 5.56. The van der Waals surface area contributed by atoms with Gasteiger partial charge in [-0.2, -0.15) is 0 Å².